The van der Waals surface area contributed by atoms with Gasteiger partial charge in [0.05, 0.1) is 4.92 Å². The molecule has 1 unspecified atom stereocenters. The van der Waals surface area contributed by atoms with Crippen LogP contribution >= 0.6 is 15.9 Å². The highest BCUT2D eigenvalue weighted by Gasteiger charge is 2.20. The SMILES string of the molecule is CC(C)NC(COc1ccc(Br)cc1[N+](=O)[O-])C(N)=O. The summed E-state index contributed by atoms with van der Waals surface area (Å²) in [4.78, 5) is 21.6. The van der Waals surface area contributed by atoms with Crippen molar-refractivity contribution in [3.63, 3.8) is 0 Å². The monoisotopic (exact) mass is 345 g/mol. The normalized spacial score (nSPS) is 12.2. The van der Waals surface area contributed by atoms with Crippen molar-refractivity contribution in [2.45, 2.75) is 25.9 Å². The highest BCUT2D eigenvalue weighted by Crippen LogP contribution is 2.30. The minimum atomic E-state index is -0.710. The standard InChI is InChI=1S/C12H16BrN3O4/c1-7(2)15-9(12(14)17)6-20-11-4-3-8(13)5-10(11)16(18)19/h3-5,7,9,15H,6H2,1-2H3,(H2,14,17). The van der Waals surface area contributed by atoms with E-state index in [1.54, 1.807) is 6.07 Å². The van der Waals surface area contributed by atoms with Crippen molar-refractivity contribution in [1.82, 2.24) is 5.32 Å². The first-order valence-corrected chi connectivity index (χ1v) is 6.72. The van der Waals surface area contributed by atoms with E-state index >= 15 is 0 Å². The van der Waals surface area contributed by atoms with E-state index in [1.165, 1.54) is 12.1 Å². The lowest BCUT2D eigenvalue weighted by Crippen LogP contribution is -2.48. The molecular weight excluding hydrogens is 330 g/mol. The van der Waals surface area contributed by atoms with E-state index in [4.69, 9.17) is 10.5 Å². The minimum absolute atomic E-state index is 0.0380. The summed E-state index contributed by atoms with van der Waals surface area (Å²) in [6, 6.07) is 3.76. The number of rotatable bonds is 7. The van der Waals surface area contributed by atoms with Crippen LogP contribution in [0.1, 0.15) is 13.8 Å². The molecule has 0 aliphatic rings. The molecule has 110 valence electrons. The van der Waals surface area contributed by atoms with Crippen molar-refractivity contribution in [3.05, 3.63) is 32.8 Å². The molecule has 1 amide bonds. The summed E-state index contributed by atoms with van der Waals surface area (Å²) >= 11 is 3.15. The summed E-state index contributed by atoms with van der Waals surface area (Å²) in [5, 5.41) is 13.9. The summed E-state index contributed by atoms with van der Waals surface area (Å²) in [5.74, 6) is -0.478. The van der Waals surface area contributed by atoms with Crippen LogP contribution in [-0.4, -0.2) is 29.5 Å². The van der Waals surface area contributed by atoms with Crippen LogP contribution in [0.25, 0.3) is 0 Å². The molecule has 0 radical (unpaired) electrons. The van der Waals surface area contributed by atoms with Gasteiger partial charge in [0.2, 0.25) is 5.91 Å². The molecule has 0 heterocycles. The summed E-state index contributed by atoms with van der Waals surface area (Å²) in [5.41, 5.74) is 5.07. The molecule has 0 aliphatic heterocycles. The van der Waals surface area contributed by atoms with Crippen LogP contribution in [0, 0.1) is 10.1 Å². The van der Waals surface area contributed by atoms with E-state index < -0.39 is 16.9 Å². The van der Waals surface area contributed by atoms with Crippen LogP contribution in [0.5, 0.6) is 5.75 Å². The fraction of sp³-hybridized carbons (Fsp3) is 0.417. The first-order chi connectivity index (χ1) is 9.31. The number of benzene rings is 1. The largest absolute Gasteiger partial charge is 0.485 e. The van der Waals surface area contributed by atoms with Gasteiger partial charge in [0, 0.05) is 16.6 Å². The topological polar surface area (TPSA) is 107 Å². The van der Waals surface area contributed by atoms with Gasteiger partial charge in [0.15, 0.2) is 5.75 Å². The van der Waals surface area contributed by atoms with E-state index in [0.717, 1.165) is 0 Å². The maximum atomic E-state index is 11.3. The first-order valence-electron chi connectivity index (χ1n) is 5.93. The van der Waals surface area contributed by atoms with Crippen molar-refractivity contribution < 1.29 is 14.5 Å². The molecule has 0 aliphatic carbocycles. The number of primary amides is 1. The first kappa shape index (κ1) is 16.4. The number of amides is 1. The summed E-state index contributed by atoms with van der Waals surface area (Å²) in [6.07, 6.45) is 0. The van der Waals surface area contributed by atoms with E-state index in [-0.39, 0.29) is 24.1 Å². The second-order valence-electron chi connectivity index (χ2n) is 4.46. The number of nitro groups is 1. The molecular formula is C12H16BrN3O4. The summed E-state index contributed by atoms with van der Waals surface area (Å²) in [7, 11) is 0. The van der Waals surface area contributed by atoms with Gasteiger partial charge in [-0.2, -0.15) is 0 Å². The molecule has 0 saturated heterocycles. The number of hydrogen-bond donors (Lipinski definition) is 2. The fourth-order valence-corrected chi connectivity index (χ4v) is 1.89. The third-order valence-electron chi connectivity index (χ3n) is 2.40. The van der Waals surface area contributed by atoms with Crippen LogP contribution in [0.2, 0.25) is 0 Å². The number of halogens is 1. The number of ether oxygens (including phenoxy) is 1. The Hall–Kier alpha value is -1.67. The van der Waals surface area contributed by atoms with Crippen molar-refractivity contribution in [3.8, 4) is 5.75 Å². The third kappa shape index (κ3) is 4.78. The zero-order chi connectivity index (χ0) is 15.3. The van der Waals surface area contributed by atoms with E-state index in [9.17, 15) is 14.9 Å². The number of carbonyl (C=O) groups is 1. The molecule has 8 heteroatoms. The van der Waals surface area contributed by atoms with E-state index in [0.29, 0.717) is 4.47 Å². The fourth-order valence-electron chi connectivity index (χ4n) is 1.54. The van der Waals surface area contributed by atoms with Crippen LogP contribution < -0.4 is 15.8 Å². The number of hydrogen-bond acceptors (Lipinski definition) is 5. The molecule has 0 aromatic heterocycles. The second kappa shape index (κ2) is 7.20. The Bertz CT molecular complexity index is 507. The molecule has 0 fully saturated rings. The zero-order valence-corrected chi connectivity index (χ0v) is 12.7. The van der Waals surface area contributed by atoms with Gasteiger partial charge in [-0.05, 0) is 12.1 Å². The Morgan fingerprint density at radius 3 is 2.70 bits per heavy atom. The lowest BCUT2D eigenvalue weighted by molar-refractivity contribution is -0.386. The van der Waals surface area contributed by atoms with Gasteiger partial charge >= 0.3 is 5.69 Å². The number of nitrogens with one attached hydrogen (secondary N) is 1. The Balaban J connectivity index is 2.82. The molecule has 1 aromatic carbocycles. The van der Waals surface area contributed by atoms with E-state index in [1.807, 2.05) is 13.8 Å². The van der Waals surface area contributed by atoms with E-state index in [2.05, 4.69) is 21.2 Å². The average Bonchev–Trinajstić information content (AvgIpc) is 2.34. The Labute approximate surface area is 124 Å². The van der Waals surface area contributed by atoms with Crippen molar-refractivity contribution in [2.75, 3.05) is 6.61 Å². The van der Waals surface area contributed by atoms with Gasteiger partial charge in [-0.1, -0.05) is 29.8 Å². The van der Waals surface area contributed by atoms with Crippen molar-refractivity contribution >= 4 is 27.5 Å². The highest BCUT2D eigenvalue weighted by atomic mass is 79.9. The molecule has 1 atom stereocenters. The second-order valence-corrected chi connectivity index (χ2v) is 5.37. The van der Waals surface area contributed by atoms with Crippen LogP contribution in [-0.2, 0) is 4.79 Å². The van der Waals surface area contributed by atoms with Crippen LogP contribution in [0.3, 0.4) is 0 Å². The van der Waals surface area contributed by atoms with Gasteiger partial charge in [0.1, 0.15) is 12.6 Å². The lowest BCUT2D eigenvalue weighted by atomic mass is 10.2. The molecule has 20 heavy (non-hydrogen) atoms. The van der Waals surface area contributed by atoms with Gasteiger partial charge in [-0.25, -0.2) is 0 Å². The average molecular weight is 346 g/mol. The quantitative estimate of drug-likeness (QED) is 0.576. The smallest absolute Gasteiger partial charge is 0.312 e. The highest BCUT2D eigenvalue weighted by molar-refractivity contribution is 9.10. The third-order valence-corrected chi connectivity index (χ3v) is 2.89. The predicted octanol–water partition coefficient (Wildman–Crippen LogP) is 1.59. The molecule has 0 saturated carbocycles. The minimum Gasteiger partial charge on any atom is -0.485 e. The Morgan fingerprint density at radius 1 is 1.55 bits per heavy atom. The Kier molecular flexibility index (Phi) is 5.90. The molecule has 3 N–H and O–H groups in total. The predicted molar refractivity (Wildman–Crippen MR) is 77.5 cm³/mol. The van der Waals surface area contributed by atoms with Crippen molar-refractivity contribution in [1.29, 1.82) is 0 Å². The van der Waals surface area contributed by atoms with Crippen molar-refractivity contribution in [2.24, 2.45) is 5.73 Å². The maximum absolute atomic E-state index is 11.3. The molecule has 0 bridgehead atoms. The zero-order valence-electron chi connectivity index (χ0n) is 11.1. The molecule has 1 aromatic rings. The molecule has 1 rings (SSSR count). The number of carbonyl (C=O) groups excluding carboxylic acids is 1. The lowest BCUT2D eigenvalue weighted by Gasteiger charge is -2.18. The van der Waals surface area contributed by atoms with Gasteiger partial charge < -0.3 is 15.8 Å². The number of nitro benzene ring substituents is 1. The summed E-state index contributed by atoms with van der Waals surface area (Å²) < 4.78 is 5.92. The number of nitrogens with two attached hydrogens (primary N) is 1. The van der Waals surface area contributed by atoms with Gasteiger partial charge in [0.25, 0.3) is 0 Å². The summed E-state index contributed by atoms with van der Waals surface area (Å²) in [6.45, 7) is 3.64. The van der Waals surface area contributed by atoms with Crippen LogP contribution in [0.15, 0.2) is 22.7 Å². The molecule has 7 nitrogen and oxygen atoms in total. The molecule has 0 spiro atoms. The number of nitrogens with zero attached hydrogens (tertiary/aromatic N) is 1. The van der Waals surface area contributed by atoms with Gasteiger partial charge in [-0.3, -0.25) is 14.9 Å². The maximum Gasteiger partial charge on any atom is 0.312 e. The Morgan fingerprint density at radius 2 is 2.20 bits per heavy atom. The van der Waals surface area contributed by atoms with Gasteiger partial charge in [-0.15, -0.1) is 0 Å². The van der Waals surface area contributed by atoms with Crippen LogP contribution in [0.4, 0.5) is 5.69 Å².